The van der Waals surface area contributed by atoms with Crippen LogP contribution >= 0.6 is 0 Å². The molecule has 258 valence electrons. The first-order chi connectivity index (χ1) is 27.3. The van der Waals surface area contributed by atoms with Crippen molar-refractivity contribution in [3.63, 3.8) is 0 Å². The molecule has 10 aromatic rings. The lowest BCUT2D eigenvalue weighted by Crippen LogP contribution is -2.09. The average molecular weight is 704 g/mol. The zero-order valence-corrected chi connectivity index (χ0v) is 29.8. The van der Waals surface area contributed by atoms with Crippen LogP contribution in [0.4, 0.5) is 17.1 Å². The Morgan fingerprint density at radius 1 is 0.327 bits per heavy atom. The first-order valence-corrected chi connectivity index (χ1v) is 18.4. The molecule has 2 heterocycles. The molecule has 0 aliphatic heterocycles. The van der Waals surface area contributed by atoms with Crippen LogP contribution in [-0.4, -0.2) is 19.9 Å². The third-order valence-corrected chi connectivity index (χ3v) is 10.0. The van der Waals surface area contributed by atoms with Crippen LogP contribution in [0.25, 0.3) is 77.9 Å². The lowest BCUT2D eigenvalue weighted by molar-refractivity contribution is 1.08. The van der Waals surface area contributed by atoms with E-state index in [1.807, 2.05) is 78.9 Å². The summed E-state index contributed by atoms with van der Waals surface area (Å²) < 4.78 is 0. The smallest absolute Gasteiger partial charge is 0.164 e. The van der Waals surface area contributed by atoms with Gasteiger partial charge in [0.1, 0.15) is 0 Å². The second-order valence-electron chi connectivity index (χ2n) is 13.5. The van der Waals surface area contributed by atoms with Crippen LogP contribution in [0.15, 0.2) is 200 Å². The summed E-state index contributed by atoms with van der Waals surface area (Å²) >= 11 is 0. The van der Waals surface area contributed by atoms with E-state index < -0.39 is 0 Å². The maximum atomic E-state index is 5.56. The van der Waals surface area contributed by atoms with Gasteiger partial charge in [0, 0.05) is 55.5 Å². The van der Waals surface area contributed by atoms with Crippen molar-refractivity contribution in [3.8, 4) is 45.4 Å². The van der Waals surface area contributed by atoms with Gasteiger partial charge in [-0.1, -0.05) is 158 Å². The van der Waals surface area contributed by atoms with Gasteiger partial charge in [0.2, 0.25) is 0 Å². The second kappa shape index (κ2) is 13.8. The van der Waals surface area contributed by atoms with Gasteiger partial charge < -0.3 is 4.90 Å². The van der Waals surface area contributed by atoms with E-state index in [0.29, 0.717) is 17.5 Å². The van der Waals surface area contributed by atoms with Crippen LogP contribution in [0.5, 0.6) is 0 Å². The van der Waals surface area contributed by atoms with Crippen molar-refractivity contribution in [1.29, 1.82) is 0 Å². The van der Waals surface area contributed by atoms with Crippen molar-refractivity contribution in [1.82, 2.24) is 19.9 Å². The quantitative estimate of drug-likeness (QED) is 0.155. The van der Waals surface area contributed by atoms with Gasteiger partial charge in [-0.15, -0.1) is 0 Å². The molecule has 55 heavy (non-hydrogen) atoms. The summed E-state index contributed by atoms with van der Waals surface area (Å²) in [7, 11) is 0. The molecule has 8 aromatic carbocycles. The van der Waals surface area contributed by atoms with E-state index in [2.05, 4.69) is 126 Å². The third kappa shape index (κ3) is 5.94. The number of pyridine rings is 1. The highest BCUT2D eigenvalue weighted by atomic mass is 15.1. The lowest BCUT2D eigenvalue weighted by Gasteiger charge is -2.26. The highest BCUT2D eigenvalue weighted by molar-refractivity contribution is 6.26. The Balaban J connectivity index is 1.31. The molecule has 5 heteroatoms. The van der Waals surface area contributed by atoms with Crippen molar-refractivity contribution >= 4 is 49.5 Å². The van der Waals surface area contributed by atoms with Crippen molar-refractivity contribution in [2.45, 2.75) is 0 Å². The fourth-order valence-electron chi connectivity index (χ4n) is 7.52. The number of rotatable bonds is 7. The van der Waals surface area contributed by atoms with Gasteiger partial charge >= 0.3 is 0 Å². The minimum Gasteiger partial charge on any atom is -0.310 e. The Bertz CT molecular complexity index is 2860. The van der Waals surface area contributed by atoms with E-state index in [-0.39, 0.29) is 0 Å². The zero-order chi connectivity index (χ0) is 36.6. The number of hydrogen-bond acceptors (Lipinski definition) is 5. The van der Waals surface area contributed by atoms with E-state index in [9.17, 15) is 0 Å². The van der Waals surface area contributed by atoms with Gasteiger partial charge in [-0.25, -0.2) is 19.9 Å². The molecule has 0 spiro atoms. The predicted octanol–water partition coefficient (Wildman–Crippen LogP) is 12.9. The Morgan fingerprint density at radius 3 is 1.40 bits per heavy atom. The average Bonchev–Trinajstić information content (AvgIpc) is 3.27. The van der Waals surface area contributed by atoms with E-state index in [1.54, 1.807) is 0 Å². The van der Waals surface area contributed by atoms with E-state index in [1.165, 1.54) is 0 Å². The molecule has 0 radical (unpaired) electrons. The standard InChI is InChI=1S/C50H33N5/c1-6-18-34(19-7-1)47-46-43(50-53-48(35-20-8-2-9-21-35)52-49(54-50)36-22-10-3-11-23-36)32-37-24-16-17-29-41(37)45(46)42-31-30-40(33-44(42)51-47)55(38-25-12-4-13-26-38)39-27-14-5-15-28-39/h1-33H. The molecule has 0 aliphatic rings. The molecule has 0 saturated carbocycles. The Kier molecular flexibility index (Phi) is 8.08. The van der Waals surface area contributed by atoms with Crippen LogP contribution in [-0.2, 0) is 0 Å². The van der Waals surface area contributed by atoms with Crippen molar-refractivity contribution in [2.75, 3.05) is 4.90 Å². The van der Waals surface area contributed by atoms with Gasteiger partial charge in [0.25, 0.3) is 0 Å². The maximum absolute atomic E-state index is 5.56. The molecule has 0 saturated heterocycles. The van der Waals surface area contributed by atoms with Gasteiger partial charge in [0.15, 0.2) is 17.5 Å². The second-order valence-corrected chi connectivity index (χ2v) is 13.5. The highest BCUT2D eigenvalue weighted by Crippen LogP contribution is 2.44. The first kappa shape index (κ1) is 32.2. The number of aromatic nitrogens is 4. The minimum absolute atomic E-state index is 0.595. The first-order valence-electron chi connectivity index (χ1n) is 18.4. The van der Waals surface area contributed by atoms with Crippen LogP contribution in [0.1, 0.15) is 0 Å². The van der Waals surface area contributed by atoms with Gasteiger partial charge in [-0.3, -0.25) is 0 Å². The topological polar surface area (TPSA) is 54.8 Å². The summed E-state index contributed by atoms with van der Waals surface area (Å²) in [6.45, 7) is 0. The molecular formula is C50H33N5. The van der Waals surface area contributed by atoms with Gasteiger partial charge in [-0.05, 0) is 53.2 Å². The highest BCUT2D eigenvalue weighted by Gasteiger charge is 2.22. The largest absolute Gasteiger partial charge is 0.310 e. The molecule has 0 atom stereocenters. The summed E-state index contributed by atoms with van der Waals surface area (Å²) in [6, 6.07) is 69.1. The summed E-state index contributed by atoms with van der Waals surface area (Å²) in [5, 5.41) is 5.40. The fourth-order valence-corrected chi connectivity index (χ4v) is 7.52. The number of benzene rings is 8. The fraction of sp³-hybridized carbons (Fsp3) is 0. The van der Waals surface area contributed by atoms with E-state index in [0.717, 1.165) is 77.5 Å². The summed E-state index contributed by atoms with van der Waals surface area (Å²) in [4.78, 5) is 23.3. The summed E-state index contributed by atoms with van der Waals surface area (Å²) in [5.41, 5.74) is 8.70. The molecule has 0 aliphatic carbocycles. The van der Waals surface area contributed by atoms with Crippen LogP contribution in [0.3, 0.4) is 0 Å². The van der Waals surface area contributed by atoms with E-state index >= 15 is 0 Å². The third-order valence-electron chi connectivity index (χ3n) is 10.0. The molecular weight excluding hydrogens is 671 g/mol. The monoisotopic (exact) mass is 703 g/mol. The summed E-state index contributed by atoms with van der Waals surface area (Å²) in [6.07, 6.45) is 0. The van der Waals surface area contributed by atoms with Crippen molar-refractivity contribution < 1.29 is 0 Å². The zero-order valence-electron chi connectivity index (χ0n) is 29.8. The molecule has 0 amide bonds. The molecule has 0 N–H and O–H groups in total. The number of para-hydroxylation sites is 2. The SMILES string of the molecule is c1ccc(-c2nc(-c3ccccc3)nc(-c3cc4ccccc4c4c3c(-c3ccccc3)nc3cc(N(c5ccccc5)c5ccccc5)ccc34)n2)cc1. The minimum atomic E-state index is 0.595. The lowest BCUT2D eigenvalue weighted by atomic mass is 9.91. The van der Waals surface area contributed by atoms with Crippen molar-refractivity contribution in [3.05, 3.63) is 200 Å². The van der Waals surface area contributed by atoms with Gasteiger partial charge in [0.05, 0.1) is 11.2 Å². The molecule has 0 bridgehead atoms. The Morgan fingerprint density at radius 2 is 0.818 bits per heavy atom. The molecule has 0 fully saturated rings. The normalized spacial score (nSPS) is 11.3. The molecule has 0 unspecified atom stereocenters. The number of hydrogen-bond donors (Lipinski definition) is 0. The van der Waals surface area contributed by atoms with E-state index in [4.69, 9.17) is 19.9 Å². The molecule has 10 rings (SSSR count). The Hall–Kier alpha value is -7.50. The molecule has 2 aromatic heterocycles. The van der Waals surface area contributed by atoms with Crippen molar-refractivity contribution in [2.24, 2.45) is 0 Å². The van der Waals surface area contributed by atoms with Crippen LogP contribution in [0, 0.1) is 0 Å². The van der Waals surface area contributed by atoms with Crippen LogP contribution in [0.2, 0.25) is 0 Å². The summed E-state index contributed by atoms with van der Waals surface area (Å²) in [5.74, 6) is 1.83. The molecule has 5 nitrogen and oxygen atoms in total. The predicted molar refractivity (Wildman–Crippen MR) is 227 cm³/mol. The maximum Gasteiger partial charge on any atom is 0.164 e. The van der Waals surface area contributed by atoms with Gasteiger partial charge in [-0.2, -0.15) is 0 Å². The number of fused-ring (bicyclic) bond motifs is 5. The number of nitrogens with zero attached hydrogens (tertiary/aromatic N) is 5. The number of anilines is 3. The van der Waals surface area contributed by atoms with Crippen LogP contribution < -0.4 is 4.90 Å². The Labute approximate surface area is 318 Å².